The van der Waals surface area contributed by atoms with Gasteiger partial charge in [0, 0.05) is 16.8 Å². The number of carbonyl (C=O) groups excluding carboxylic acids is 1. The molecule has 0 saturated carbocycles. The summed E-state index contributed by atoms with van der Waals surface area (Å²) in [6.45, 7) is 2.82. The fourth-order valence-corrected chi connectivity index (χ4v) is 4.03. The van der Waals surface area contributed by atoms with Crippen LogP contribution in [-0.4, -0.2) is 27.4 Å². The summed E-state index contributed by atoms with van der Waals surface area (Å²) in [6, 6.07) is 18.0. The highest BCUT2D eigenvalue weighted by Gasteiger charge is 2.17. The Kier molecular flexibility index (Phi) is 4.98. The number of anilines is 1. The number of hydrogen-bond donors (Lipinski definition) is 1. The van der Waals surface area contributed by atoms with Gasteiger partial charge in [0.25, 0.3) is 10.0 Å². The molecule has 1 aliphatic rings. The van der Waals surface area contributed by atoms with Crippen molar-refractivity contribution in [3.63, 3.8) is 0 Å². The van der Waals surface area contributed by atoms with Crippen LogP contribution in [-0.2, 0) is 10.0 Å². The van der Waals surface area contributed by atoms with E-state index in [9.17, 15) is 13.2 Å². The lowest BCUT2D eigenvalue weighted by Gasteiger charge is -2.18. The number of fused-ring (bicyclic) bond motifs is 1. The Morgan fingerprint density at radius 2 is 1.45 bits per heavy atom. The van der Waals surface area contributed by atoms with E-state index in [4.69, 9.17) is 9.47 Å². The van der Waals surface area contributed by atoms with Crippen molar-refractivity contribution in [2.24, 2.45) is 0 Å². The smallest absolute Gasteiger partial charge is 0.261 e. The Bertz CT molecular complexity index is 1150. The molecule has 1 N–H and O–H groups in total. The summed E-state index contributed by atoms with van der Waals surface area (Å²) >= 11 is 0. The Hall–Kier alpha value is -3.32. The van der Waals surface area contributed by atoms with Crippen molar-refractivity contribution in [1.29, 1.82) is 0 Å². The standard InChI is InChI=1S/C22H19NO5S/c1-15-2-9-19(10-3-15)29(25,26)23-18-7-4-16(5-8-18)22(24)17-6-11-20-21(14-17)28-13-12-27-20/h2-11,14,23H,12-13H2,1H3. The third-order valence-corrected chi connectivity index (χ3v) is 5.93. The number of hydrogen-bond acceptors (Lipinski definition) is 5. The van der Waals surface area contributed by atoms with Crippen LogP contribution in [0.5, 0.6) is 11.5 Å². The topological polar surface area (TPSA) is 81.7 Å². The van der Waals surface area contributed by atoms with Gasteiger partial charge in [0.15, 0.2) is 17.3 Å². The van der Waals surface area contributed by atoms with Gasteiger partial charge in [0.2, 0.25) is 0 Å². The van der Waals surface area contributed by atoms with Crippen molar-refractivity contribution in [3.8, 4) is 11.5 Å². The first kappa shape index (κ1) is 19.0. The molecule has 7 heteroatoms. The van der Waals surface area contributed by atoms with Gasteiger partial charge in [-0.05, 0) is 61.5 Å². The molecule has 148 valence electrons. The summed E-state index contributed by atoms with van der Waals surface area (Å²) in [4.78, 5) is 12.9. The number of ketones is 1. The Morgan fingerprint density at radius 1 is 0.828 bits per heavy atom. The largest absolute Gasteiger partial charge is 0.486 e. The summed E-state index contributed by atoms with van der Waals surface area (Å²) in [5, 5.41) is 0. The highest BCUT2D eigenvalue weighted by Crippen LogP contribution is 2.31. The van der Waals surface area contributed by atoms with Gasteiger partial charge in [0.05, 0.1) is 4.90 Å². The van der Waals surface area contributed by atoms with Crippen molar-refractivity contribution in [2.75, 3.05) is 17.9 Å². The third kappa shape index (κ3) is 4.09. The number of aryl methyl sites for hydroxylation is 1. The maximum atomic E-state index is 12.7. The second-order valence-corrected chi connectivity index (χ2v) is 8.37. The first-order valence-corrected chi connectivity index (χ1v) is 10.5. The zero-order chi connectivity index (χ0) is 20.4. The number of sulfonamides is 1. The number of benzene rings is 3. The quantitative estimate of drug-likeness (QED) is 0.648. The molecule has 0 fully saturated rings. The molecule has 0 radical (unpaired) electrons. The maximum absolute atomic E-state index is 12.7. The van der Waals surface area contributed by atoms with E-state index in [1.165, 1.54) is 0 Å². The molecule has 0 aliphatic carbocycles. The van der Waals surface area contributed by atoms with E-state index in [0.717, 1.165) is 5.56 Å². The van der Waals surface area contributed by atoms with Gasteiger partial charge in [-0.25, -0.2) is 8.42 Å². The molecule has 4 rings (SSSR count). The zero-order valence-corrected chi connectivity index (χ0v) is 16.5. The number of rotatable bonds is 5. The van der Waals surface area contributed by atoms with Crippen LogP contribution in [0.3, 0.4) is 0 Å². The van der Waals surface area contributed by atoms with E-state index in [2.05, 4.69) is 4.72 Å². The van der Waals surface area contributed by atoms with E-state index < -0.39 is 10.0 Å². The average Bonchev–Trinajstić information content (AvgIpc) is 2.73. The molecule has 1 aliphatic heterocycles. The minimum absolute atomic E-state index is 0.180. The molecular weight excluding hydrogens is 390 g/mol. The zero-order valence-electron chi connectivity index (χ0n) is 15.7. The molecule has 0 saturated heterocycles. The minimum atomic E-state index is -3.69. The van der Waals surface area contributed by atoms with Crippen LogP contribution in [0.4, 0.5) is 5.69 Å². The fraction of sp³-hybridized carbons (Fsp3) is 0.136. The van der Waals surface area contributed by atoms with E-state index in [1.54, 1.807) is 66.7 Å². The van der Waals surface area contributed by atoms with Crippen molar-refractivity contribution < 1.29 is 22.7 Å². The number of nitrogens with one attached hydrogen (secondary N) is 1. The Balaban J connectivity index is 1.51. The van der Waals surface area contributed by atoms with Crippen molar-refractivity contribution >= 4 is 21.5 Å². The fourth-order valence-electron chi connectivity index (χ4n) is 2.97. The van der Waals surface area contributed by atoms with E-state index >= 15 is 0 Å². The number of carbonyl (C=O) groups is 1. The molecule has 0 unspecified atom stereocenters. The molecule has 6 nitrogen and oxygen atoms in total. The second kappa shape index (κ2) is 7.60. The van der Waals surface area contributed by atoms with Gasteiger partial charge in [-0.2, -0.15) is 0 Å². The molecule has 29 heavy (non-hydrogen) atoms. The molecule has 0 atom stereocenters. The Labute approximate surface area is 169 Å². The summed E-state index contributed by atoms with van der Waals surface area (Å²) < 4.78 is 38.5. The van der Waals surface area contributed by atoms with Crippen LogP contribution in [0, 0.1) is 6.92 Å². The van der Waals surface area contributed by atoms with Crippen molar-refractivity contribution in [2.45, 2.75) is 11.8 Å². The van der Waals surface area contributed by atoms with Gasteiger partial charge in [-0.1, -0.05) is 17.7 Å². The van der Waals surface area contributed by atoms with Gasteiger partial charge in [-0.15, -0.1) is 0 Å². The van der Waals surface area contributed by atoms with Gasteiger partial charge >= 0.3 is 0 Å². The van der Waals surface area contributed by atoms with E-state index in [-0.39, 0.29) is 10.7 Å². The van der Waals surface area contributed by atoms with E-state index in [0.29, 0.717) is 41.5 Å². The highest BCUT2D eigenvalue weighted by molar-refractivity contribution is 7.92. The van der Waals surface area contributed by atoms with Gasteiger partial charge in [-0.3, -0.25) is 9.52 Å². The lowest BCUT2D eigenvalue weighted by atomic mass is 10.0. The van der Waals surface area contributed by atoms with Gasteiger partial charge in [0.1, 0.15) is 13.2 Å². The normalized spacial score (nSPS) is 13.0. The number of ether oxygens (including phenoxy) is 2. The monoisotopic (exact) mass is 409 g/mol. The van der Waals surface area contributed by atoms with Gasteiger partial charge < -0.3 is 9.47 Å². The first-order chi connectivity index (χ1) is 13.9. The van der Waals surface area contributed by atoms with Crippen LogP contribution in [0.25, 0.3) is 0 Å². The lowest BCUT2D eigenvalue weighted by Crippen LogP contribution is -2.16. The average molecular weight is 409 g/mol. The lowest BCUT2D eigenvalue weighted by molar-refractivity contribution is 0.103. The molecule has 1 heterocycles. The maximum Gasteiger partial charge on any atom is 0.261 e. The molecule has 0 aromatic heterocycles. The van der Waals surface area contributed by atoms with Crippen LogP contribution >= 0.6 is 0 Å². The molecule has 0 amide bonds. The molecule has 3 aromatic rings. The van der Waals surface area contributed by atoms with Crippen molar-refractivity contribution in [3.05, 3.63) is 83.4 Å². The second-order valence-electron chi connectivity index (χ2n) is 6.68. The highest BCUT2D eigenvalue weighted by atomic mass is 32.2. The predicted molar refractivity (Wildman–Crippen MR) is 109 cm³/mol. The first-order valence-electron chi connectivity index (χ1n) is 9.06. The minimum Gasteiger partial charge on any atom is -0.486 e. The van der Waals surface area contributed by atoms with Crippen LogP contribution in [0.2, 0.25) is 0 Å². The molecule has 0 spiro atoms. The Morgan fingerprint density at radius 3 is 2.14 bits per heavy atom. The van der Waals surface area contributed by atoms with Crippen LogP contribution in [0.1, 0.15) is 21.5 Å². The van der Waals surface area contributed by atoms with Crippen LogP contribution < -0.4 is 14.2 Å². The van der Waals surface area contributed by atoms with Crippen molar-refractivity contribution in [1.82, 2.24) is 0 Å². The van der Waals surface area contributed by atoms with E-state index in [1.807, 2.05) is 6.92 Å². The molecular formula is C22H19NO5S. The summed E-state index contributed by atoms with van der Waals surface area (Å²) in [6.07, 6.45) is 0. The summed E-state index contributed by atoms with van der Waals surface area (Å²) in [7, 11) is -3.69. The molecule has 3 aromatic carbocycles. The summed E-state index contributed by atoms with van der Waals surface area (Å²) in [5.41, 5.74) is 2.28. The SMILES string of the molecule is Cc1ccc(S(=O)(=O)Nc2ccc(C(=O)c3ccc4c(c3)OCCO4)cc2)cc1. The van der Waals surface area contributed by atoms with Crippen LogP contribution in [0.15, 0.2) is 71.6 Å². The third-order valence-electron chi connectivity index (χ3n) is 4.53. The molecule has 0 bridgehead atoms. The summed E-state index contributed by atoms with van der Waals surface area (Å²) in [5.74, 6) is 0.980. The predicted octanol–water partition coefficient (Wildman–Crippen LogP) is 3.80.